The lowest BCUT2D eigenvalue weighted by molar-refractivity contribution is 0.0367. The van der Waals surface area contributed by atoms with Crippen molar-refractivity contribution < 1.29 is 13.5 Å². The average Bonchev–Trinajstić information content (AvgIpc) is 2.44. The van der Waals surface area contributed by atoms with Gasteiger partial charge in [0.15, 0.2) is 0 Å². The van der Waals surface area contributed by atoms with Crippen LogP contribution in [-0.2, 0) is 10.0 Å². The quantitative estimate of drug-likeness (QED) is 0.832. The zero-order valence-electron chi connectivity index (χ0n) is 12.8. The molecule has 0 spiro atoms. The van der Waals surface area contributed by atoms with E-state index in [0.29, 0.717) is 24.3 Å². The summed E-state index contributed by atoms with van der Waals surface area (Å²) in [4.78, 5) is 0.324. The maximum Gasteiger partial charge on any atom is 0.242 e. The molecule has 2 N–H and O–H groups in total. The number of aliphatic hydroxyl groups excluding tert-OH is 1. The van der Waals surface area contributed by atoms with Gasteiger partial charge in [-0.1, -0.05) is 12.1 Å². The molecule has 0 bridgehead atoms. The topological polar surface area (TPSA) is 69.6 Å². The van der Waals surface area contributed by atoms with Crippen LogP contribution < -0.4 is 5.32 Å². The van der Waals surface area contributed by atoms with Crippen LogP contribution in [0.4, 0.5) is 0 Å². The second-order valence-electron chi connectivity index (χ2n) is 5.86. The Kier molecular flexibility index (Phi) is 5.03. The van der Waals surface area contributed by atoms with Crippen molar-refractivity contribution in [2.75, 3.05) is 20.6 Å². The molecule has 0 aliphatic heterocycles. The summed E-state index contributed by atoms with van der Waals surface area (Å²) in [6, 6.07) is 7.15. The molecule has 1 unspecified atom stereocenters. The highest BCUT2D eigenvalue weighted by atomic mass is 32.2. The Bertz CT molecular complexity index is 582. The van der Waals surface area contributed by atoms with Crippen LogP contribution in [0.3, 0.4) is 0 Å². The molecule has 1 fully saturated rings. The lowest BCUT2D eigenvalue weighted by atomic mass is 9.82. The van der Waals surface area contributed by atoms with Gasteiger partial charge in [0.1, 0.15) is 0 Å². The monoisotopic (exact) mass is 312 g/mol. The first-order chi connectivity index (χ1) is 9.84. The van der Waals surface area contributed by atoms with Crippen LogP contribution >= 0.6 is 0 Å². The van der Waals surface area contributed by atoms with E-state index < -0.39 is 10.0 Å². The summed E-state index contributed by atoms with van der Waals surface area (Å²) in [5, 5.41) is 12.4. The van der Waals surface area contributed by atoms with Gasteiger partial charge in [-0.05, 0) is 50.4 Å². The van der Waals surface area contributed by atoms with Crippen molar-refractivity contribution in [3.05, 3.63) is 29.8 Å². The molecule has 1 aliphatic carbocycles. The van der Waals surface area contributed by atoms with Crippen molar-refractivity contribution >= 4 is 10.0 Å². The molecule has 6 heteroatoms. The number of hydrogen-bond acceptors (Lipinski definition) is 4. The van der Waals surface area contributed by atoms with E-state index in [1.165, 1.54) is 4.31 Å². The molecule has 1 aromatic carbocycles. The first-order valence-corrected chi connectivity index (χ1v) is 8.70. The molecule has 1 aromatic rings. The minimum Gasteiger partial charge on any atom is -0.393 e. The van der Waals surface area contributed by atoms with Gasteiger partial charge in [0.2, 0.25) is 10.0 Å². The van der Waals surface area contributed by atoms with Crippen molar-refractivity contribution in [1.29, 1.82) is 0 Å². The number of nitrogens with zero attached hydrogens (tertiary/aromatic N) is 1. The Morgan fingerprint density at radius 1 is 1.43 bits per heavy atom. The summed E-state index contributed by atoms with van der Waals surface area (Å²) in [7, 11) is -0.0156. The third kappa shape index (κ3) is 3.63. The van der Waals surface area contributed by atoms with Crippen LogP contribution in [0, 0.1) is 5.92 Å². The van der Waals surface area contributed by atoms with Crippen molar-refractivity contribution in [3.63, 3.8) is 0 Å². The van der Waals surface area contributed by atoms with Crippen LogP contribution in [0.2, 0.25) is 0 Å². The minimum atomic E-state index is -3.47. The molecule has 1 aliphatic rings. The van der Waals surface area contributed by atoms with Gasteiger partial charge >= 0.3 is 0 Å². The Balaban J connectivity index is 2.14. The smallest absolute Gasteiger partial charge is 0.242 e. The van der Waals surface area contributed by atoms with Crippen LogP contribution in [0.15, 0.2) is 29.2 Å². The van der Waals surface area contributed by atoms with Gasteiger partial charge in [0, 0.05) is 19.6 Å². The van der Waals surface area contributed by atoms with Crippen molar-refractivity contribution in [2.24, 2.45) is 5.92 Å². The Labute approximate surface area is 127 Å². The molecule has 0 aromatic heterocycles. The van der Waals surface area contributed by atoms with E-state index in [1.54, 1.807) is 25.2 Å². The van der Waals surface area contributed by atoms with Crippen molar-refractivity contribution in [2.45, 2.75) is 36.8 Å². The first-order valence-electron chi connectivity index (χ1n) is 7.26. The number of aliphatic hydroxyl groups is 1. The number of benzene rings is 1. The molecular weight excluding hydrogens is 288 g/mol. The summed E-state index contributed by atoms with van der Waals surface area (Å²) in [5.74, 6) is 0.263. The van der Waals surface area contributed by atoms with Crippen LogP contribution in [0.5, 0.6) is 0 Å². The van der Waals surface area contributed by atoms with Gasteiger partial charge in [-0.15, -0.1) is 0 Å². The van der Waals surface area contributed by atoms with E-state index in [9.17, 15) is 13.5 Å². The standard InChI is InChI=1S/C15H24N2O3S/c1-11(16-2)13-5-4-6-15(9-13)21(19,20)17(3)10-12-7-14(18)8-12/h4-6,9,11-12,14,16,18H,7-8,10H2,1-3H3. The highest BCUT2D eigenvalue weighted by Crippen LogP contribution is 2.29. The Hall–Kier alpha value is -0.950. The third-order valence-electron chi connectivity index (χ3n) is 4.23. The maximum absolute atomic E-state index is 12.6. The number of hydrogen-bond donors (Lipinski definition) is 2. The molecule has 5 nitrogen and oxygen atoms in total. The lowest BCUT2D eigenvalue weighted by Gasteiger charge is -2.34. The zero-order chi connectivity index (χ0) is 15.6. The summed E-state index contributed by atoms with van der Waals surface area (Å²) < 4.78 is 26.6. The van der Waals surface area contributed by atoms with Crippen molar-refractivity contribution in [1.82, 2.24) is 9.62 Å². The molecule has 0 saturated heterocycles. The number of sulfonamides is 1. The lowest BCUT2D eigenvalue weighted by Crippen LogP contribution is -2.39. The second-order valence-corrected chi connectivity index (χ2v) is 7.90. The molecule has 0 amide bonds. The first kappa shape index (κ1) is 16.4. The molecule has 1 saturated carbocycles. The highest BCUT2D eigenvalue weighted by molar-refractivity contribution is 7.89. The largest absolute Gasteiger partial charge is 0.393 e. The molecule has 1 atom stereocenters. The average molecular weight is 312 g/mol. The third-order valence-corrected chi connectivity index (χ3v) is 6.04. The van der Waals surface area contributed by atoms with E-state index >= 15 is 0 Å². The fourth-order valence-electron chi connectivity index (χ4n) is 2.60. The maximum atomic E-state index is 12.6. The summed E-state index contributed by atoms with van der Waals surface area (Å²) in [6.07, 6.45) is 1.12. The molecule has 2 rings (SSSR count). The predicted octanol–water partition coefficient (Wildman–Crippen LogP) is 1.36. The highest BCUT2D eigenvalue weighted by Gasteiger charge is 2.31. The fourth-order valence-corrected chi connectivity index (χ4v) is 3.90. The van der Waals surface area contributed by atoms with E-state index in [-0.39, 0.29) is 18.1 Å². The fraction of sp³-hybridized carbons (Fsp3) is 0.600. The van der Waals surface area contributed by atoms with E-state index in [4.69, 9.17) is 0 Å². The van der Waals surface area contributed by atoms with E-state index in [1.807, 2.05) is 20.0 Å². The summed E-state index contributed by atoms with van der Waals surface area (Å²) >= 11 is 0. The van der Waals surface area contributed by atoms with Crippen LogP contribution in [0.25, 0.3) is 0 Å². The predicted molar refractivity (Wildman–Crippen MR) is 82.5 cm³/mol. The molecule has 118 valence electrons. The minimum absolute atomic E-state index is 0.104. The summed E-state index contributed by atoms with van der Waals surface area (Å²) in [5.41, 5.74) is 0.950. The molecule has 0 radical (unpaired) electrons. The van der Waals surface area contributed by atoms with Crippen LogP contribution in [0.1, 0.15) is 31.4 Å². The Morgan fingerprint density at radius 2 is 2.10 bits per heavy atom. The molecular formula is C15H24N2O3S. The number of nitrogens with one attached hydrogen (secondary N) is 1. The van der Waals surface area contributed by atoms with Gasteiger partial charge in [-0.2, -0.15) is 0 Å². The second kappa shape index (κ2) is 6.44. The molecule has 0 heterocycles. The normalized spacial score (nSPS) is 23.9. The van der Waals surface area contributed by atoms with Crippen LogP contribution in [-0.4, -0.2) is 44.6 Å². The van der Waals surface area contributed by atoms with Gasteiger partial charge in [0.05, 0.1) is 11.0 Å². The SMILES string of the molecule is CNC(C)c1cccc(S(=O)(=O)N(C)CC2CC(O)C2)c1. The Morgan fingerprint density at radius 3 is 2.67 bits per heavy atom. The number of rotatable bonds is 6. The van der Waals surface area contributed by atoms with Crippen molar-refractivity contribution in [3.8, 4) is 0 Å². The van der Waals surface area contributed by atoms with Gasteiger partial charge in [-0.3, -0.25) is 0 Å². The van der Waals surface area contributed by atoms with Gasteiger partial charge in [-0.25, -0.2) is 12.7 Å². The van der Waals surface area contributed by atoms with E-state index in [0.717, 1.165) is 5.56 Å². The van der Waals surface area contributed by atoms with Gasteiger partial charge in [0.25, 0.3) is 0 Å². The molecule has 21 heavy (non-hydrogen) atoms. The van der Waals surface area contributed by atoms with Gasteiger partial charge < -0.3 is 10.4 Å². The summed E-state index contributed by atoms with van der Waals surface area (Å²) in [6.45, 7) is 2.45. The van der Waals surface area contributed by atoms with E-state index in [2.05, 4.69) is 5.32 Å². The zero-order valence-corrected chi connectivity index (χ0v) is 13.6.